The van der Waals surface area contributed by atoms with Gasteiger partial charge in [0.2, 0.25) is 5.91 Å². The summed E-state index contributed by atoms with van der Waals surface area (Å²) in [5.74, 6) is 1.02. The van der Waals surface area contributed by atoms with Crippen molar-refractivity contribution < 1.29 is 4.79 Å². The van der Waals surface area contributed by atoms with Gasteiger partial charge in [0.15, 0.2) is 0 Å². The molecule has 0 bridgehead atoms. The van der Waals surface area contributed by atoms with Crippen molar-refractivity contribution in [3.63, 3.8) is 0 Å². The molecule has 1 fully saturated rings. The van der Waals surface area contributed by atoms with Crippen molar-refractivity contribution >= 4 is 11.7 Å². The SMILES string of the molecule is CNC(=O)[C@@]1(C)CCCN(c2cc(C)ncn2)C1. The van der Waals surface area contributed by atoms with E-state index in [-0.39, 0.29) is 11.3 Å². The van der Waals surface area contributed by atoms with Crippen molar-refractivity contribution in [3.8, 4) is 0 Å². The Labute approximate surface area is 108 Å². The third kappa shape index (κ3) is 2.44. The molecule has 0 aromatic carbocycles. The van der Waals surface area contributed by atoms with Crippen LogP contribution in [0.4, 0.5) is 5.82 Å². The van der Waals surface area contributed by atoms with Crippen molar-refractivity contribution in [2.75, 3.05) is 25.0 Å². The molecule has 2 rings (SSSR count). The Morgan fingerprint density at radius 3 is 2.94 bits per heavy atom. The number of amides is 1. The molecule has 18 heavy (non-hydrogen) atoms. The molecule has 0 aliphatic carbocycles. The van der Waals surface area contributed by atoms with Crippen LogP contribution in [0.25, 0.3) is 0 Å². The van der Waals surface area contributed by atoms with Crippen molar-refractivity contribution in [2.45, 2.75) is 26.7 Å². The summed E-state index contributed by atoms with van der Waals surface area (Å²) in [6.45, 7) is 5.63. The van der Waals surface area contributed by atoms with Crippen molar-refractivity contribution in [2.24, 2.45) is 5.41 Å². The Hall–Kier alpha value is -1.65. The minimum Gasteiger partial charge on any atom is -0.359 e. The molecule has 98 valence electrons. The molecule has 1 N–H and O–H groups in total. The molecule has 0 unspecified atom stereocenters. The van der Waals surface area contributed by atoms with Crippen LogP contribution in [-0.2, 0) is 4.79 Å². The van der Waals surface area contributed by atoms with Crippen molar-refractivity contribution in [1.82, 2.24) is 15.3 Å². The van der Waals surface area contributed by atoms with Gasteiger partial charge in [-0.05, 0) is 26.7 Å². The third-order valence-electron chi connectivity index (χ3n) is 3.59. The van der Waals surface area contributed by atoms with Crippen LogP contribution in [0, 0.1) is 12.3 Å². The summed E-state index contributed by atoms with van der Waals surface area (Å²) < 4.78 is 0. The predicted molar refractivity (Wildman–Crippen MR) is 70.4 cm³/mol. The monoisotopic (exact) mass is 248 g/mol. The molecule has 1 amide bonds. The number of aryl methyl sites for hydroxylation is 1. The van der Waals surface area contributed by atoms with Gasteiger partial charge in [-0.25, -0.2) is 9.97 Å². The Morgan fingerprint density at radius 1 is 1.50 bits per heavy atom. The summed E-state index contributed by atoms with van der Waals surface area (Å²) in [5, 5.41) is 2.76. The number of hydrogen-bond acceptors (Lipinski definition) is 4. The topological polar surface area (TPSA) is 58.1 Å². The van der Waals surface area contributed by atoms with Crippen LogP contribution in [0.5, 0.6) is 0 Å². The van der Waals surface area contributed by atoms with Gasteiger partial charge in [0.25, 0.3) is 0 Å². The number of carbonyl (C=O) groups excluding carboxylic acids is 1. The Morgan fingerprint density at radius 2 is 2.28 bits per heavy atom. The summed E-state index contributed by atoms with van der Waals surface area (Å²) in [5.41, 5.74) is 0.624. The zero-order valence-corrected chi connectivity index (χ0v) is 11.2. The minimum absolute atomic E-state index is 0.109. The van der Waals surface area contributed by atoms with Crippen LogP contribution < -0.4 is 10.2 Å². The molecule has 0 radical (unpaired) electrons. The molecule has 1 aliphatic heterocycles. The normalized spacial score (nSPS) is 23.8. The first-order valence-electron chi connectivity index (χ1n) is 6.31. The Bertz CT molecular complexity index is 448. The fourth-order valence-electron chi connectivity index (χ4n) is 2.54. The number of nitrogens with zero attached hydrogens (tertiary/aromatic N) is 3. The molecule has 5 heteroatoms. The van der Waals surface area contributed by atoms with Gasteiger partial charge in [-0.15, -0.1) is 0 Å². The number of anilines is 1. The standard InChI is InChI=1S/C13H20N4O/c1-10-7-11(16-9-15-10)17-6-4-5-13(2,8-17)12(18)14-3/h7,9H,4-6,8H2,1-3H3,(H,14,18)/t13-/m0/s1. The second-order valence-corrected chi connectivity index (χ2v) is 5.18. The average molecular weight is 248 g/mol. The summed E-state index contributed by atoms with van der Waals surface area (Å²) in [7, 11) is 1.70. The van der Waals surface area contributed by atoms with E-state index in [4.69, 9.17) is 0 Å². The highest BCUT2D eigenvalue weighted by atomic mass is 16.2. The lowest BCUT2D eigenvalue weighted by Crippen LogP contribution is -2.50. The first-order chi connectivity index (χ1) is 8.55. The smallest absolute Gasteiger partial charge is 0.227 e. The van der Waals surface area contributed by atoms with Crippen molar-refractivity contribution in [1.29, 1.82) is 0 Å². The highest BCUT2D eigenvalue weighted by Gasteiger charge is 2.37. The largest absolute Gasteiger partial charge is 0.359 e. The summed E-state index contributed by atoms with van der Waals surface area (Å²) >= 11 is 0. The zero-order valence-electron chi connectivity index (χ0n) is 11.2. The van der Waals surface area contributed by atoms with Crippen LogP contribution in [0.3, 0.4) is 0 Å². The van der Waals surface area contributed by atoms with E-state index < -0.39 is 0 Å². The maximum atomic E-state index is 12.0. The van der Waals surface area contributed by atoms with Gasteiger partial charge in [-0.2, -0.15) is 0 Å². The van der Waals surface area contributed by atoms with Crippen LogP contribution in [0.15, 0.2) is 12.4 Å². The fourth-order valence-corrected chi connectivity index (χ4v) is 2.54. The lowest BCUT2D eigenvalue weighted by atomic mass is 9.81. The summed E-state index contributed by atoms with van der Waals surface area (Å²) in [6.07, 6.45) is 3.51. The first-order valence-corrected chi connectivity index (χ1v) is 6.31. The van der Waals surface area contributed by atoms with E-state index in [2.05, 4.69) is 20.2 Å². The Balaban J connectivity index is 2.19. The first kappa shape index (κ1) is 12.8. The van der Waals surface area contributed by atoms with E-state index in [1.54, 1.807) is 13.4 Å². The molecule has 2 heterocycles. The van der Waals surface area contributed by atoms with Gasteiger partial charge in [-0.1, -0.05) is 0 Å². The van der Waals surface area contributed by atoms with Crippen LogP contribution >= 0.6 is 0 Å². The Kier molecular flexibility index (Phi) is 3.50. The van der Waals surface area contributed by atoms with Crippen LogP contribution in [0.1, 0.15) is 25.5 Å². The quantitative estimate of drug-likeness (QED) is 0.852. The molecular formula is C13H20N4O. The van der Waals surface area contributed by atoms with E-state index >= 15 is 0 Å². The highest BCUT2D eigenvalue weighted by Crippen LogP contribution is 2.31. The number of piperidine rings is 1. The molecule has 1 aliphatic rings. The van der Waals surface area contributed by atoms with E-state index in [1.165, 1.54) is 0 Å². The van der Waals surface area contributed by atoms with Gasteiger partial charge < -0.3 is 10.2 Å². The molecule has 1 aromatic rings. The molecule has 1 aromatic heterocycles. The lowest BCUT2D eigenvalue weighted by molar-refractivity contribution is -0.130. The van der Waals surface area contributed by atoms with E-state index in [9.17, 15) is 4.79 Å². The van der Waals surface area contributed by atoms with E-state index in [1.807, 2.05) is 19.9 Å². The third-order valence-corrected chi connectivity index (χ3v) is 3.59. The maximum Gasteiger partial charge on any atom is 0.227 e. The maximum absolute atomic E-state index is 12.0. The molecule has 0 spiro atoms. The minimum atomic E-state index is -0.328. The predicted octanol–water partition coefficient (Wildman–Crippen LogP) is 1.14. The van der Waals surface area contributed by atoms with E-state index in [0.717, 1.165) is 30.9 Å². The molecule has 0 saturated carbocycles. The second kappa shape index (κ2) is 4.92. The molecule has 1 atom stereocenters. The average Bonchev–Trinajstić information content (AvgIpc) is 2.38. The lowest BCUT2D eigenvalue weighted by Gasteiger charge is -2.39. The molecule has 5 nitrogen and oxygen atoms in total. The number of aromatic nitrogens is 2. The molecular weight excluding hydrogens is 228 g/mol. The number of hydrogen-bond donors (Lipinski definition) is 1. The number of rotatable bonds is 2. The van der Waals surface area contributed by atoms with Gasteiger partial charge in [0.05, 0.1) is 5.41 Å². The fraction of sp³-hybridized carbons (Fsp3) is 0.615. The van der Waals surface area contributed by atoms with Gasteiger partial charge in [-0.3, -0.25) is 4.79 Å². The molecule has 1 saturated heterocycles. The number of nitrogens with one attached hydrogen (secondary N) is 1. The van der Waals surface area contributed by atoms with Crippen LogP contribution in [0.2, 0.25) is 0 Å². The van der Waals surface area contributed by atoms with Gasteiger partial charge in [0.1, 0.15) is 12.1 Å². The summed E-state index contributed by atoms with van der Waals surface area (Å²) in [6, 6.07) is 1.97. The second-order valence-electron chi connectivity index (χ2n) is 5.18. The van der Waals surface area contributed by atoms with Gasteiger partial charge in [0, 0.05) is 31.9 Å². The van der Waals surface area contributed by atoms with Gasteiger partial charge >= 0.3 is 0 Å². The zero-order chi connectivity index (χ0) is 13.2. The van der Waals surface area contributed by atoms with Crippen molar-refractivity contribution in [3.05, 3.63) is 18.1 Å². The number of carbonyl (C=O) groups is 1. The summed E-state index contributed by atoms with van der Waals surface area (Å²) in [4.78, 5) is 22.5. The highest BCUT2D eigenvalue weighted by molar-refractivity contribution is 5.82. The van der Waals surface area contributed by atoms with E-state index in [0.29, 0.717) is 6.54 Å². The van der Waals surface area contributed by atoms with Crippen LogP contribution in [-0.4, -0.2) is 36.0 Å².